The minimum absolute atomic E-state index is 0.0362. The first-order chi connectivity index (χ1) is 19.1. The Kier molecular flexibility index (Phi) is 10.1. The third kappa shape index (κ3) is 7.98. The second kappa shape index (κ2) is 13.5. The Hall–Kier alpha value is -3.10. The topological polar surface area (TPSA) is 57.7 Å². The second-order valence-corrected chi connectivity index (χ2v) is 12.8. The lowest BCUT2D eigenvalue weighted by Gasteiger charge is -2.38. The van der Waals surface area contributed by atoms with E-state index >= 15 is 0 Å². The van der Waals surface area contributed by atoms with E-state index in [1.54, 1.807) is 29.2 Å². The summed E-state index contributed by atoms with van der Waals surface area (Å²) in [6.07, 6.45) is 3.61. The number of hydrogen-bond donors (Lipinski definition) is 0. The zero-order valence-electron chi connectivity index (χ0n) is 23.2. The molecule has 0 aromatic heterocycles. The Morgan fingerprint density at radius 3 is 2.27 bits per heavy atom. The van der Waals surface area contributed by atoms with Crippen LogP contribution >= 0.6 is 0 Å². The summed E-state index contributed by atoms with van der Waals surface area (Å²) < 4.78 is 50.9. The summed E-state index contributed by atoms with van der Waals surface area (Å²) >= 11 is 0. The lowest BCUT2D eigenvalue weighted by atomic mass is 9.87. The molecule has 8 heteroatoms. The molecule has 1 atom stereocenters. The van der Waals surface area contributed by atoms with E-state index in [2.05, 4.69) is 36.1 Å². The Labute approximate surface area is 236 Å². The molecule has 1 fully saturated rings. The fourth-order valence-electron chi connectivity index (χ4n) is 5.55. The number of halogens is 2. The highest BCUT2D eigenvalue weighted by Gasteiger charge is 2.28. The van der Waals surface area contributed by atoms with Crippen molar-refractivity contribution < 1.29 is 22.0 Å². The summed E-state index contributed by atoms with van der Waals surface area (Å²) in [5.74, 6) is -0.305. The molecule has 0 N–H and O–H groups in total. The molecule has 1 amide bonds. The van der Waals surface area contributed by atoms with Gasteiger partial charge in [0.1, 0.15) is 12.5 Å². The molecule has 0 saturated carbocycles. The van der Waals surface area contributed by atoms with Crippen molar-refractivity contribution in [2.24, 2.45) is 0 Å². The number of likely N-dealkylation sites (tertiary alicyclic amines) is 1. The summed E-state index contributed by atoms with van der Waals surface area (Å²) in [7, 11) is -3.31. The van der Waals surface area contributed by atoms with Crippen LogP contribution in [0.25, 0.3) is 0 Å². The molecule has 4 rings (SSSR count). The summed E-state index contributed by atoms with van der Waals surface area (Å²) in [5, 5.41) is 0. The SMILES string of the molecule is Cc1ccc([C@@H](CCN2CCC(N(CC[18F])C(=O)Cc3ccc(S(C)(=O)=O)cc3)CC2)c2cccc(F)c2)cc1. The molecule has 1 aliphatic rings. The zero-order chi connectivity index (χ0) is 28.7. The number of amides is 1. The van der Waals surface area contributed by atoms with Crippen LogP contribution in [0.4, 0.5) is 8.78 Å². The predicted molar refractivity (Wildman–Crippen MR) is 154 cm³/mol. The van der Waals surface area contributed by atoms with Crippen LogP contribution in [0.5, 0.6) is 0 Å². The first kappa shape index (κ1) is 29.9. The van der Waals surface area contributed by atoms with Crippen LogP contribution in [-0.4, -0.2) is 69.3 Å². The highest BCUT2D eigenvalue weighted by atomic mass is 32.2. The number of aryl methyl sites for hydroxylation is 1. The highest BCUT2D eigenvalue weighted by molar-refractivity contribution is 7.90. The van der Waals surface area contributed by atoms with Crippen molar-refractivity contribution >= 4 is 15.7 Å². The predicted octanol–water partition coefficient (Wildman–Crippen LogP) is 5.56. The largest absolute Gasteiger partial charge is 0.337 e. The second-order valence-electron chi connectivity index (χ2n) is 10.7. The van der Waals surface area contributed by atoms with Gasteiger partial charge in [-0.1, -0.05) is 54.1 Å². The Bertz CT molecular complexity index is 1370. The van der Waals surface area contributed by atoms with E-state index < -0.39 is 16.5 Å². The van der Waals surface area contributed by atoms with Crippen molar-refractivity contribution in [3.63, 3.8) is 0 Å². The number of carbonyl (C=O) groups is 1. The van der Waals surface area contributed by atoms with E-state index in [0.29, 0.717) is 5.56 Å². The maximum absolute atomic E-state index is 14.1. The van der Waals surface area contributed by atoms with E-state index in [4.69, 9.17) is 0 Å². The van der Waals surface area contributed by atoms with Gasteiger partial charge in [0.2, 0.25) is 5.91 Å². The highest BCUT2D eigenvalue weighted by Crippen LogP contribution is 2.30. The molecule has 3 aromatic carbocycles. The molecule has 40 heavy (non-hydrogen) atoms. The van der Waals surface area contributed by atoms with Gasteiger partial charge < -0.3 is 9.80 Å². The van der Waals surface area contributed by atoms with Gasteiger partial charge in [0.15, 0.2) is 9.84 Å². The van der Waals surface area contributed by atoms with Crippen molar-refractivity contribution in [1.82, 2.24) is 9.80 Å². The maximum atomic E-state index is 14.1. The zero-order valence-corrected chi connectivity index (χ0v) is 24.0. The van der Waals surface area contributed by atoms with Crippen LogP contribution in [0.3, 0.4) is 0 Å². The molecule has 0 bridgehead atoms. The third-order valence-electron chi connectivity index (χ3n) is 7.82. The van der Waals surface area contributed by atoms with Gasteiger partial charge in [-0.3, -0.25) is 4.79 Å². The normalized spacial score (nSPS) is 15.6. The molecule has 1 aliphatic heterocycles. The van der Waals surface area contributed by atoms with E-state index in [1.165, 1.54) is 23.8 Å². The smallest absolute Gasteiger partial charge is 0.227 e. The number of carbonyl (C=O) groups excluding carboxylic acids is 1. The third-order valence-corrected chi connectivity index (χ3v) is 8.94. The van der Waals surface area contributed by atoms with Crippen molar-refractivity contribution in [3.8, 4) is 0 Å². The van der Waals surface area contributed by atoms with Crippen molar-refractivity contribution in [3.05, 3.63) is 101 Å². The number of alkyl halides is 1. The molecule has 0 radical (unpaired) electrons. The first-order valence-electron chi connectivity index (χ1n) is 13.8. The van der Waals surface area contributed by atoms with Crippen LogP contribution in [0.1, 0.15) is 47.4 Å². The van der Waals surface area contributed by atoms with Gasteiger partial charge in [0, 0.05) is 37.8 Å². The van der Waals surface area contributed by atoms with Gasteiger partial charge in [0.05, 0.1) is 11.3 Å². The van der Waals surface area contributed by atoms with Gasteiger partial charge >= 0.3 is 0 Å². The van der Waals surface area contributed by atoms with E-state index in [0.717, 1.165) is 56.3 Å². The monoisotopic (exact) mass is 567 g/mol. The number of rotatable bonds is 11. The average Bonchev–Trinajstić information content (AvgIpc) is 2.93. The maximum Gasteiger partial charge on any atom is 0.227 e. The molecule has 1 saturated heterocycles. The fourth-order valence-corrected chi connectivity index (χ4v) is 6.18. The minimum atomic E-state index is -3.31. The molecule has 214 valence electrons. The molecular formula is C32H38F2N2O3S. The molecule has 0 aliphatic carbocycles. The van der Waals surface area contributed by atoms with Crippen LogP contribution in [-0.2, 0) is 21.1 Å². The quantitative estimate of drug-likeness (QED) is 0.304. The Morgan fingerprint density at radius 1 is 1.00 bits per heavy atom. The fraction of sp³-hybridized carbons (Fsp3) is 0.406. The minimum Gasteiger partial charge on any atom is -0.337 e. The number of hydrogen-bond acceptors (Lipinski definition) is 4. The lowest BCUT2D eigenvalue weighted by molar-refractivity contribution is -0.134. The standard InChI is InChI=1S/C32H38F2N2O3S/c1-24-6-10-26(11-7-24)31(27-4-3-5-28(34)23-27)16-20-35-18-14-29(15-19-35)36(21-17-33)32(37)22-25-8-12-30(13-9-25)40(2,38)39/h3-13,23,29,31H,14-22H2,1-2H3/t31-/m1/s1/i33-1. The first-order valence-corrected chi connectivity index (χ1v) is 15.7. The summed E-state index contributed by atoms with van der Waals surface area (Å²) in [5.41, 5.74) is 4.01. The van der Waals surface area contributed by atoms with E-state index in [-0.39, 0.29) is 41.5 Å². The summed E-state index contributed by atoms with van der Waals surface area (Å²) in [4.78, 5) is 17.4. The van der Waals surface area contributed by atoms with Gasteiger partial charge in [-0.15, -0.1) is 0 Å². The van der Waals surface area contributed by atoms with Crippen LogP contribution in [0.2, 0.25) is 0 Å². The number of nitrogens with zero attached hydrogens (tertiary/aromatic N) is 2. The van der Waals surface area contributed by atoms with Gasteiger partial charge in [-0.25, -0.2) is 17.2 Å². The van der Waals surface area contributed by atoms with Crippen molar-refractivity contribution in [2.75, 3.05) is 39.1 Å². The molecule has 1 heterocycles. The summed E-state index contributed by atoms with van der Waals surface area (Å²) in [6.45, 7) is 3.94. The number of sulfone groups is 1. The van der Waals surface area contributed by atoms with Crippen LogP contribution in [0.15, 0.2) is 77.7 Å². The summed E-state index contributed by atoms with van der Waals surface area (Å²) in [6, 6.07) is 21.5. The van der Waals surface area contributed by atoms with E-state index in [9.17, 15) is 22.0 Å². The molecule has 0 spiro atoms. The van der Waals surface area contributed by atoms with E-state index in [1.807, 2.05) is 6.07 Å². The van der Waals surface area contributed by atoms with Gasteiger partial charge in [0.25, 0.3) is 0 Å². The lowest BCUT2D eigenvalue weighted by Crippen LogP contribution is -2.48. The molecule has 3 aromatic rings. The number of benzene rings is 3. The Morgan fingerprint density at radius 2 is 1.68 bits per heavy atom. The van der Waals surface area contributed by atoms with Crippen molar-refractivity contribution in [2.45, 2.75) is 49.5 Å². The van der Waals surface area contributed by atoms with Gasteiger partial charge in [-0.2, -0.15) is 0 Å². The van der Waals surface area contributed by atoms with Crippen molar-refractivity contribution in [1.29, 1.82) is 0 Å². The Balaban J connectivity index is 1.36. The van der Waals surface area contributed by atoms with Gasteiger partial charge in [-0.05, 0) is 73.7 Å². The molecule has 0 unspecified atom stereocenters. The number of piperidine rings is 1. The average molecular weight is 568 g/mol. The van der Waals surface area contributed by atoms with Crippen LogP contribution in [0, 0.1) is 12.7 Å². The van der Waals surface area contributed by atoms with Crippen LogP contribution < -0.4 is 0 Å². The molecule has 5 nitrogen and oxygen atoms in total. The molecular weight excluding hydrogens is 529 g/mol.